The van der Waals surface area contributed by atoms with E-state index in [9.17, 15) is 34.5 Å². The Morgan fingerprint density at radius 1 is 1.03 bits per heavy atom. The number of phenols is 2. The molecule has 0 saturated heterocycles. The van der Waals surface area contributed by atoms with Crippen LogP contribution in [0, 0.1) is 0 Å². The second-order valence-corrected chi connectivity index (χ2v) is 5.91. The number of aromatic carboxylic acids is 1. The van der Waals surface area contributed by atoms with E-state index in [1.807, 2.05) is 0 Å². The fraction of sp³-hybridized carbons (Fsp3) is 0.100. The number of phenolic OH excluding ortho intramolecular Hbond substituents is 2. The summed E-state index contributed by atoms with van der Waals surface area (Å²) in [7, 11) is 0. The van der Waals surface area contributed by atoms with E-state index in [1.165, 1.54) is 31.2 Å². The van der Waals surface area contributed by atoms with Gasteiger partial charge in [0.1, 0.15) is 28.2 Å². The Labute approximate surface area is 167 Å². The Morgan fingerprint density at radius 3 is 2.30 bits per heavy atom. The largest absolute Gasteiger partial charge is 0.508 e. The van der Waals surface area contributed by atoms with E-state index in [0.29, 0.717) is 0 Å². The minimum Gasteiger partial charge on any atom is -0.508 e. The molecule has 154 valence electrons. The number of hydrogen-bond acceptors (Lipinski definition) is 9. The van der Waals surface area contributed by atoms with E-state index in [2.05, 4.69) is 4.74 Å². The third kappa shape index (κ3) is 3.78. The van der Waals surface area contributed by atoms with Crippen molar-refractivity contribution in [2.24, 2.45) is 0 Å². The minimum absolute atomic E-state index is 0.00675. The van der Waals surface area contributed by atoms with Gasteiger partial charge in [0.05, 0.1) is 12.2 Å². The van der Waals surface area contributed by atoms with Crippen molar-refractivity contribution in [2.45, 2.75) is 6.92 Å². The van der Waals surface area contributed by atoms with Crippen LogP contribution in [0.15, 0.2) is 45.6 Å². The van der Waals surface area contributed by atoms with Crippen LogP contribution in [0.3, 0.4) is 0 Å². The van der Waals surface area contributed by atoms with Crippen molar-refractivity contribution in [2.75, 3.05) is 6.61 Å². The Kier molecular flexibility index (Phi) is 5.41. The van der Waals surface area contributed by atoms with Gasteiger partial charge in [-0.1, -0.05) is 12.1 Å². The molecule has 0 amide bonds. The molecule has 10 heteroatoms. The lowest BCUT2D eigenvalue weighted by molar-refractivity contribution is -0.161. The first-order valence-electron chi connectivity index (χ1n) is 8.48. The molecule has 0 bridgehead atoms. The van der Waals surface area contributed by atoms with E-state index >= 15 is 0 Å². The number of carbonyl (C=O) groups excluding carboxylic acids is 2. The Bertz CT molecular complexity index is 1220. The average Bonchev–Trinajstić information content (AvgIpc) is 2.68. The van der Waals surface area contributed by atoms with Crippen molar-refractivity contribution in [1.29, 1.82) is 0 Å². The van der Waals surface area contributed by atoms with E-state index in [0.717, 1.165) is 12.1 Å². The number of aromatic hydroxyl groups is 2. The molecule has 0 aliphatic rings. The van der Waals surface area contributed by atoms with Gasteiger partial charge in [0, 0.05) is 12.1 Å². The summed E-state index contributed by atoms with van der Waals surface area (Å²) in [5.41, 5.74) is -1.42. The molecular formula is C20H14O10. The summed E-state index contributed by atoms with van der Waals surface area (Å²) in [5.74, 6) is -5.74. The van der Waals surface area contributed by atoms with Crippen LogP contribution in [0.5, 0.6) is 17.2 Å². The van der Waals surface area contributed by atoms with Crippen LogP contribution in [0.25, 0.3) is 22.1 Å². The maximum atomic E-state index is 12.9. The van der Waals surface area contributed by atoms with E-state index < -0.39 is 40.6 Å². The van der Waals surface area contributed by atoms with E-state index in [1.54, 1.807) is 0 Å². The van der Waals surface area contributed by atoms with Gasteiger partial charge in [0.25, 0.3) is 0 Å². The van der Waals surface area contributed by atoms with Crippen LogP contribution >= 0.6 is 0 Å². The number of carboxylic acids is 1. The smallest absolute Gasteiger partial charge is 0.422 e. The van der Waals surface area contributed by atoms with Gasteiger partial charge < -0.3 is 29.2 Å². The molecule has 1 heterocycles. The van der Waals surface area contributed by atoms with Gasteiger partial charge in [-0.2, -0.15) is 0 Å². The third-order valence-electron chi connectivity index (χ3n) is 3.95. The number of carboxylic acid groups (broad SMARTS) is 1. The van der Waals surface area contributed by atoms with Gasteiger partial charge >= 0.3 is 17.9 Å². The molecule has 0 aliphatic heterocycles. The monoisotopic (exact) mass is 414 g/mol. The molecule has 3 N–H and O–H groups in total. The van der Waals surface area contributed by atoms with Crippen LogP contribution < -0.4 is 10.2 Å². The summed E-state index contributed by atoms with van der Waals surface area (Å²) in [6.45, 7) is 1.52. The Morgan fingerprint density at radius 2 is 1.70 bits per heavy atom. The van der Waals surface area contributed by atoms with Gasteiger partial charge in [0.2, 0.25) is 11.2 Å². The highest BCUT2D eigenvalue weighted by Gasteiger charge is 2.24. The molecule has 0 aliphatic carbocycles. The lowest BCUT2D eigenvalue weighted by Crippen LogP contribution is -2.22. The van der Waals surface area contributed by atoms with Gasteiger partial charge in [0.15, 0.2) is 0 Å². The molecule has 0 unspecified atom stereocenters. The van der Waals surface area contributed by atoms with E-state index in [-0.39, 0.29) is 34.5 Å². The van der Waals surface area contributed by atoms with Gasteiger partial charge in [-0.25, -0.2) is 14.4 Å². The molecule has 3 rings (SSSR count). The number of benzene rings is 2. The summed E-state index contributed by atoms with van der Waals surface area (Å²) in [4.78, 5) is 47.4. The second-order valence-electron chi connectivity index (χ2n) is 5.91. The summed E-state index contributed by atoms with van der Waals surface area (Å²) >= 11 is 0. The third-order valence-corrected chi connectivity index (χ3v) is 3.95. The molecule has 0 saturated carbocycles. The number of fused-ring (bicyclic) bond motifs is 1. The summed E-state index contributed by atoms with van der Waals surface area (Å²) in [6, 6.07) is 6.94. The van der Waals surface area contributed by atoms with Crippen molar-refractivity contribution in [3.8, 4) is 28.4 Å². The number of hydrogen-bond donors (Lipinski definition) is 3. The van der Waals surface area contributed by atoms with E-state index in [4.69, 9.17) is 9.15 Å². The molecule has 1 aromatic heterocycles. The quantitative estimate of drug-likeness (QED) is 0.327. The number of rotatable bonds is 4. The average molecular weight is 414 g/mol. The molecule has 0 spiro atoms. The van der Waals surface area contributed by atoms with Crippen LogP contribution in [-0.2, 0) is 14.3 Å². The predicted molar refractivity (Wildman–Crippen MR) is 100 cm³/mol. The van der Waals surface area contributed by atoms with Crippen LogP contribution in [0.2, 0.25) is 0 Å². The standard InChI is InChI=1S/C20H14O10/c1-2-28-19(26)20(27)29-11-5-3-9(4-6-11)14-16(23)15-12(22)7-10(21)8-13(15)30-17(14)18(24)25/h3-8,21-22H,2H2,1H3,(H,24,25). The minimum atomic E-state index is -1.55. The van der Waals surface area contributed by atoms with Gasteiger partial charge in [-0.05, 0) is 24.6 Å². The van der Waals surface area contributed by atoms with Gasteiger partial charge in [-0.3, -0.25) is 4.79 Å². The number of carbonyl (C=O) groups is 3. The number of ether oxygens (including phenoxy) is 2. The van der Waals surface area contributed by atoms with Crippen LogP contribution in [0.1, 0.15) is 17.5 Å². The van der Waals surface area contributed by atoms with Crippen LogP contribution in [0.4, 0.5) is 0 Å². The van der Waals surface area contributed by atoms with Gasteiger partial charge in [-0.15, -0.1) is 0 Å². The normalized spacial score (nSPS) is 10.6. The van der Waals surface area contributed by atoms with Crippen molar-refractivity contribution in [1.82, 2.24) is 0 Å². The zero-order chi connectivity index (χ0) is 22.0. The lowest BCUT2D eigenvalue weighted by Gasteiger charge is -2.09. The molecule has 0 radical (unpaired) electrons. The summed E-state index contributed by atoms with van der Waals surface area (Å²) in [6.07, 6.45) is 0. The highest BCUT2D eigenvalue weighted by molar-refractivity contribution is 6.30. The first-order chi connectivity index (χ1) is 14.2. The molecule has 2 aromatic carbocycles. The number of esters is 2. The maximum Gasteiger partial charge on any atom is 0.422 e. The fourth-order valence-electron chi connectivity index (χ4n) is 2.73. The van der Waals surface area contributed by atoms with Crippen molar-refractivity contribution >= 4 is 28.9 Å². The molecule has 3 aromatic rings. The zero-order valence-electron chi connectivity index (χ0n) is 15.4. The first kappa shape index (κ1) is 20.4. The summed E-state index contributed by atoms with van der Waals surface area (Å²) < 4.78 is 14.6. The maximum absolute atomic E-state index is 12.9. The molecule has 10 nitrogen and oxygen atoms in total. The zero-order valence-corrected chi connectivity index (χ0v) is 15.4. The van der Waals surface area contributed by atoms with Crippen molar-refractivity contribution in [3.63, 3.8) is 0 Å². The summed E-state index contributed by atoms with van der Waals surface area (Å²) in [5, 5.41) is 28.7. The second kappa shape index (κ2) is 7.95. The molecule has 0 fully saturated rings. The SMILES string of the molecule is CCOC(=O)C(=O)Oc1ccc(-c2c(C(=O)O)oc3cc(O)cc(O)c3c2=O)cc1. The van der Waals surface area contributed by atoms with Crippen molar-refractivity contribution < 1.29 is 43.6 Å². The Hall–Kier alpha value is -4.34. The fourth-order valence-corrected chi connectivity index (χ4v) is 2.73. The van der Waals surface area contributed by atoms with Crippen LogP contribution in [-0.4, -0.2) is 39.8 Å². The first-order valence-corrected chi connectivity index (χ1v) is 8.48. The highest BCUT2D eigenvalue weighted by atomic mass is 16.6. The molecule has 30 heavy (non-hydrogen) atoms. The molecule has 0 atom stereocenters. The topological polar surface area (TPSA) is 161 Å². The highest BCUT2D eigenvalue weighted by Crippen LogP contribution is 2.32. The van der Waals surface area contributed by atoms with Crippen molar-refractivity contribution in [3.05, 3.63) is 52.4 Å². The lowest BCUT2D eigenvalue weighted by atomic mass is 10.0. The Balaban J connectivity index is 2.08. The molecular weight excluding hydrogens is 400 g/mol. The predicted octanol–water partition coefficient (Wildman–Crippen LogP) is 2.04.